The molecule has 0 radical (unpaired) electrons. The zero-order chi connectivity index (χ0) is 14.5. The Bertz CT molecular complexity index is 504. The molecule has 1 aromatic carbocycles. The Hall–Kier alpha value is -2.02. The van der Waals surface area contributed by atoms with Gasteiger partial charge in [0.15, 0.2) is 6.61 Å². The van der Waals surface area contributed by atoms with Gasteiger partial charge in [0.1, 0.15) is 5.75 Å². The smallest absolute Gasteiger partial charge is 0.260 e. The topological polar surface area (TPSA) is 53.3 Å². The van der Waals surface area contributed by atoms with E-state index in [0.717, 1.165) is 19.3 Å². The van der Waals surface area contributed by atoms with Crippen LogP contribution in [0.3, 0.4) is 0 Å². The summed E-state index contributed by atoms with van der Waals surface area (Å²) in [5, 5.41) is 8.72. The molecule has 1 aliphatic heterocycles. The molecule has 4 heteroatoms. The summed E-state index contributed by atoms with van der Waals surface area (Å²) in [7, 11) is 0. The Balaban J connectivity index is 1.92. The zero-order valence-electron chi connectivity index (χ0n) is 12.0. The lowest BCUT2D eigenvalue weighted by Gasteiger charge is -2.27. The number of nitriles is 1. The van der Waals surface area contributed by atoms with Crippen molar-refractivity contribution in [2.75, 3.05) is 6.61 Å². The predicted octanol–water partition coefficient (Wildman–Crippen LogP) is 2.73. The summed E-state index contributed by atoms with van der Waals surface area (Å²) in [5.74, 6) is 0.670. The fourth-order valence-corrected chi connectivity index (χ4v) is 2.77. The van der Waals surface area contributed by atoms with Gasteiger partial charge in [-0.1, -0.05) is 6.92 Å². The first-order valence-electron chi connectivity index (χ1n) is 7.09. The van der Waals surface area contributed by atoms with Crippen molar-refractivity contribution < 1.29 is 9.53 Å². The second-order valence-corrected chi connectivity index (χ2v) is 5.21. The minimum Gasteiger partial charge on any atom is -0.484 e. The highest BCUT2D eigenvalue weighted by Gasteiger charge is 2.32. The first kappa shape index (κ1) is 14.4. The van der Waals surface area contributed by atoms with Gasteiger partial charge < -0.3 is 9.64 Å². The van der Waals surface area contributed by atoms with E-state index >= 15 is 0 Å². The molecule has 0 spiro atoms. The van der Waals surface area contributed by atoms with Crippen LogP contribution in [0.1, 0.15) is 38.7 Å². The van der Waals surface area contributed by atoms with E-state index in [2.05, 4.69) is 19.9 Å². The highest BCUT2D eigenvalue weighted by molar-refractivity contribution is 5.78. The van der Waals surface area contributed by atoms with Gasteiger partial charge in [0.05, 0.1) is 11.6 Å². The molecule has 106 valence electrons. The van der Waals surface area contributed by atoms with Gasteiger partial charge in [-0.3, -0.25) is 4.79 Å². The molecule has 0 N–H and O–H groups in total. The van der Waals surface area contributed by atoms with Crippen molar-refractivity contribution in [1.29, 1.82) is 5.26 Å². The molecule has 0 aromatic heterocycles. The summed E-state index contributed by atoms with van der Waals surface area (Å²) in [5.41, 5.74) is 0.586. The van der Waals surface area contributed by atoms with Crippen LogP contribution in [0.2, 0.25) is 0 Å². The monoisotopic (exact) mass is 272 g/mol. The Labute approximate surface area is 120 Å². The van der Waals surface area contributed by atoms with Gasteiger partial charge in [-0.2, -0.15) is 5.26 Å². The van der Waals surface area contributed by atoms with E-state index in [9.17, 15) is 4.79 Å². The minimum atomic E-state index is 0.0474. The molecular weight excluding hydrogens is 252 g/mol. The molecule has 0 bridgehead atoms. The molecule has 1 heterocycles. The fraction of sp³-hybridized carbons (Fsp3) is 0.500. The quantitative estimate of drug-likeness (QED) is 0.846. The Morgan fingerprint density at radius 3 is 2.70 bits per heavy atom. The van der Waals surface area contributed by atoms with Crippen LogP contribution in [-0.2, 0) is 4.79 Å². The van der Waals surface area contributed by atoms with Crippen molar-refractivity contribution in [1.82, 2.24) is 4.90 Å². The SMILES string of the molecule is CCC1CCC(C)N1C(=O)COc1ccc(C#N)cc1. The van der Waals surface area contributed by atoms with Crippen LogP contribution in [0.4, 0.5) is 0 Å². The van der Waals surface area contributed by atoms with Gasteiger partial charge in [0.25, 0.3) is 5.91 Å². The van der Waals surface area contributed by atoms with Crippen molar-refractivity contribution in [3.05, 3.63) is 29.8 Å². The molecule has 0 saturated carbocycles. The van der Waals surface area contributed by atoms with Gasteiger partial charge in [-0.25, -0.2) is 0 Å². The maximum atomic E-state index is 12.3. The largest absolute Gasteiger partial charge is 0.484 e. The summed E-state index contributed by atoms with van der Waals surface area (Å²) in [6, 6.07) is 9.52. The molecule has 1 saturated heterocycles. The molecule has 1 aliphatic rings. The predicted molar refractivity (Wildman–Crippen MR) is 76.3 cm³/mol. The van der Waals surface area contributed by atoms with E-state index in [4.69, 9.17) is 10.00 Å². The molecule has 1 aromatic rings. The summed E-state index contributed by atoms with van der Waals surface area (Å²) >= 11 is 0. The van der Waals surface area contributed by atoms with Crippen LogP contribution in [0.15, 0.2) is 24.3 Å². The lowest BCUT2D eigenvalue weighted by atomic mass is 10.1. The van der Waals surface area contributed by atoms with Crippen LogP contribution in [0.5, 0.6) is 5.75 Å². The number of amides is 1. The summed E-state index contributed by atoms with van der Waals surface area (Å²) in [6.45, 7) is 4.27. The van der Waals surface area contributed by atoms with Crippen LogP contribution < -0.4 is 4.74 Å². The molecule has 1 fully saturated rings. The van der Waals surface area contributed by atoms with Crippen molar-refractivity contribution >= 4 is 5.91 Å². The summed E-state index contributed by atoms with van der Waals surface area (Å²) in [4.78, 5) is 14.2. The normalized spacial score (nSPS) is 21.6. The van der Waals surface area contributed by atoms with Crippen molar-refractivity contribution in [2.45, 2.75) is 45.2 Å². The Kier molecular flexibility index (Phi) is 4.62. The summed E-state index contributed by atoms with van der Waals surface area (Å²) < 4.78 is 5.52. The van der Waals surface area contributed by atoms with Gasteiger partial charge >= 0.3 is 0 Å². The fourth-order valence-electron chi connectivity index (χ4n) is 2.77. The van der Waals surface area contributed by atoms with Gasteiger partial charge in [0.2, 0.25) is 0 Å². The van der Waals surface area contributed by atoms with Gasteiger partial charge in [0, 0.05) is 12.1 Å². The second kappa shape index (κ2) is 6.42. The third kappa shape index (κ3) is 3.11. The molecule has 2 rings (SSSR count). The van der Waals surface area contributed by atoms with Crippen molar-refractivity contribution in [2.24, 2.45) is 0 Å². The van der Waals surface area contributed by atoms with Gasteiger partial charge in [-0.15, -0.1) is 0 Å². The number of hydrogen-bond acceptors (Lipinski definition) is 3. The van der Waals surface area contributed by atoms with Crippen LogP contribution in [0.25, 0.3) is 0 Å². The van der Waals surface area contributed by atoms with E-state index in [-0.39, 0.29) is 12.5 Å². The third-order valence-corrected chi connectivity index (χ3v) is 3.89. The average molecular weight is 272 g/mol. The lowest BCUT2D eigenvalue weighted by Crippen LogP contribution is -2.42. The van der Waals surface area contributed by atoms with E-state index in [1.54, 1.807) is 24.3 Å². The average Bonchev–Trinajstić information content (AvgIpc) is 2.86. The van der Waals surface area contributed by atoms with Crippen LogP contribution in [-0.4, -0.2) is 29.5 Å². The van der Waals surface area contributed by atoms with Crippen molar-refractivity contribution in [3.63, 3.8) is 0 Å². The third-order valence-electron chi connectivity index (χ3n) is 3.89. The lowest BCUT2D eigenvalue weighted by molar-refractivity contribution is -0.136. The number of carbonyl (C=O) groups is 1. The number of carbonyl (C=O) groups excluding carboxylic acids is 1. The van der Waals surface area contributed by atoms with Crippen LogP contribution in [0, 0.1) is 11.3 Å². The molecule has 4 nitrogen and oxygen atoms in total. The van der Waals surface area contributed by atoms with Crippen molar-refractivity contribution in [3.8, 4) is 11.8 Å². The van der Waals surface area contributed by atoms with Gasteiger partial charge in [-0.05, 0) is 50.5 Å². The highest BCUT2D eigenvalue weighted by Crippen LogP contribution is 2.26. The van der Waals surface area contributed by atoms with E-state index < -0.39 is 0 Å². The molecule has 2 atom stereocenters. The summed E-state index contributed by atoms with van der Waals surface area (Å²) in [6.07, 6.45) is 3.15. The Morgan fingerprint density at radius 1 is 1.40 bits per heavy atom. The Morgan fingerprint density at radius 2 is 2.10 bits per heavy atom. The van der Waals surface area contributed by atoms with E-state index in [1.165, 1.54) is 0 Å². The minimum absolute atomic E-state index is 0.0474. The zero-order valence-corrected chi connectivity index (χ0v) is 12.0. The number of hydrogen-bond donors (Lipinski definition) is 0. The first-order chi connectivity index (χ1) is 9.65. The van der Waals surface area contributed by atoms with E-state index in [0.29, 0.717) is 23.4 Å². The maximum absolute atomic E-state index is 12.3. The molecule has 20 heavy (non-hydrogen) atoms. The molecule has 2 unspecified atom stereocenters. The number of ether oxygens (including phenoxy) is 1. The second-order valence-electron chi connectivity index (χ2n) is 5.21. The molecular formula is C16H20N2O2. The number of rotatable bonds is 4. The van der Waals surface area contributed by atoms with E-state index in [1.807, 2.05) is 4.90 Å². The highest BCUT2D eigenvalue weighted by atomic mass is 16.5. The number of benzene rings is 1. The molecule has 1 amide bonds. The first-order valence-corrected chi connectivity index (χ1v) is 7.09. The maximum Gasteiger partial charge on any atom is 0.260 e. The van der Waals surface area contributed by atoms with Crippen LogP contribution >= 0.6 is 0 Å². The number of nitrogens with zero attached hydrogens (tertiary/aromatic N) is 2. The molecule has 0 aliphatic carbocycles. The number of likely N-dealkylation sites (tertiary alicyclic amines) is 1. The standard InChI is InChI=1S/C16H20N2O2/c1-3-14-7-4-12(2)18(14)16(19)11-20-15-8-5-13(10-17)6-9-15/h5-6,8-9,12,14H,3-4,7,11H2,1-2H3.